The van der Waals surface area contributed by atoms with E-state index in [1.54, 1.807) is 0 Å². The van der Waals surface area contributed by atoms with E-state index in [0.29, 0.717) is 28.8 Å². The summed E-state index contributed by atoms with van der Waals surface area (Å²) in [6.45, 7) is 7.79. The van der Waals surface area contributed by atoms with Crippen molar-refractivity contribution in [3.63, 3.8) is 0 Å². The van der Waals surface area contributed by atoms with Gasteiger partial charge in [-0.25, -0.2) is 9.68 Å². The summed E-state index contributed by atoms with van der Waals surface area (Å²) in [6, 6.07) is 21.4. The number of hydrogen-bond acceptors (Lipinski definition) is 7. The van der Waals surface area contributed by atoms with E-state index < -0.39 is 23.8 Å². The van der Waals surface area contributed by atoms with Crippen LogP contribution in [0, 0.1) is 17.2 Å². The first-order valence-corrected chi connectivity index (χ1v) is 13.7. The van der Waals surface area contributed by atoms with Crippen molar-refractivity contribution in [1.29, 1.82) is 5.26 Å². The van der Waals surface area contributed by atoms with Gasteiger partial charge in [-0.3, -0.25) is 9.78 Å². The van der Waals surface area contributed by atoms with E-state index in [4.69, 9.17) is 19.8 Å². The molecule has 0 aliphatic carbocycles. The van der Waals surface area contributed by atoms with Crippen LogP contribution in [0.15, 0.2) is 72.9 Å². The Morgan fingerprint density at radius 2 is 1.73 bits per heavy atom. The highest BCUT2D eigenvalue weighted by molar-refractivity contribution is 5.88. The minimum absolute atomic E-state index is 0.107. The molecule has 0 saturated carbocycles. The van der Waals surface area contributed by atoms with Crippen LogP contribution in [-0.2, 0) is 25.1 Å². The first-order chi connectivity index (χ1) is 19.7. The van der Waals surface area contributed by atoms with Gasteiger partial charge in [-0.2, -0.15) is 10.1 Å². The number of nitrogens with zero attached hydrogens (tertiary/aromatic N) is 2. The number of ether oxygens (including phenoxy) is 1. The Morgan fingerprint density at radius 1 is 1.05 bits per heavy atom. The average Bonchev–Trinajstić information content (AvgIpc) is 2.97. The van der Waals surface area contributed by atoms with Gasteiger partial charge < -0.3 is 15.2 Å². The number of carboxylic acids is 1. The normalized spacial score (nSPS) is 14.0. The van der Waals surface area contributed by atoms with E-state index in [1.807, 2.05) is 81.4 Å². The van der Waals surface area contributed by atoms with Crippen molar-refractivity contribution in [3.05, 3.63) is 89.6 Å². The Kier molecular flexibility index (Phi) is 11.5. The summed E-state index contributed by atoms with van der Waals surface area (Å²) in [5.74, 6) is -2.93. The SMILES string of the molecule is CCCC(C)OC(OO[C@@H](CC(C)C)C(=O)NCC#N)(c1ccccc1)c1ccc(-c2cc(C(=O)O)ccn2)cc1. The first-order valence-electron chi connectivity index (χ1n) is 13.7. The molecule has 1 heterocycles. The molecule has 9 nitrogen and oxygen atoms in total. The third-order valence-corrected chi connectivity index (χ3v) is 6.38. The quantitative estimate of drug-likeness (QED) is 0.103. The second-order valence-corrected chi connectivity index (χ2v) is 10.2. The zero-order valence-electron chi connectivity index (χ0n) is 23.9. The molecular formula is C32H37N3O6. The van der Waals surface area contributed by atoms with Crippen LogP contribution in [0.2, 0.25) is 0 Å². The second kappa shape index (κ2) is 15.1. The molecule has 0 aliphatic rings. The van der Waals surface area contributed by atoms with Gasteiger partial charge in [-0.1, -0.05) is 81.8 Å². The molecule has 2 unspecified atom stereocenters. The maximum atomic E-state index is 12.9. The number of nitrogens with one attached hydrogen (secondary N) is 1. The van der Waals surface area contributed by atoms with Crippen molar-refractivity contribution >= 4 is 11.9 Å². The lowest BCUT2D eigenvalue weighted by atomic mass is 9.95. The van der Waals surface area contributed by atoms with Gasteiger partial charge in [-0.05, 0) is 37.8 Å². The monoisotopic (exact) mass is 559 g/mol. The fraction of sp³-hybridized carbons (Fsp3) is 0.375. The van der Waals surface area contributed by atoms with E-state index >= 15 is 0 Å². The molecule has 1 aromatic heterocycles. The van der Waals surface area contributed by atoms with Gasteiger partial charge in [0, 0.05) is 22.9 Å². The number of hydrogen-bond donors (Lipinski definition) is 2. The number of carbonyl (C=O) groups is 2. The van der Waals surface area contributed by atoms with Gasteiger partial charge in [0.05, 0.1) is 23.4 Å². The molecule has 0 aliphatic heterocycles. The lowest BCUT2D eigenvalue weighted by Crippen LogP contribution is -2.43. The van der Waals surface area contributed by atoms with Crippen molar-refractivity contribution in [2.45, 2.75) is 65.0 Å². The van der Waals surface area contributed by atoms with E-state index in [-0.39, 0.29) is 24.1 Å². The minimum Gasteiger partial charge on any atom is -0.478 e. The van der Waals surface area contributed by atoms with Crippen LogP contribution >= 0.6 is 0 Å². The molecule has 216 valence electrons. The number of aromatic nitrogens is 1. The van der Waals surface area contributed by atoms with E-state index in [1.165, 1.54) is 18.3 Å². The lowest BCUT2D eigenvalue weighted by molar-refractivity contribution is -0.440. The van der Waals surface area contributed by atoms with Gasteiger partial charge >= 0.3 is 5.97 Å². The zero-order chi connectivity index (χ0) is 29.8. The van der Waals surface area contributed by atoms with Crippen molar-refractivity contribution in [3.8, 4) is 17.3 Å². The topological polar surface area (TPSA) is 131 Å². The minimum atomic E-state index is -1.55. The molecule has 2 N–H and O–H groups in total. The zero-order valence-corrected chi connectivity index (χ0v) is 23.9. The summed E-state index contributed by atoms with van der Waals surface area (Å²) >= 11 is 0. The first kappa shape index (κ1) is 31.4. The number of carbonyl (C=O) groups excluding carboxylic acids is 1. The Labute approximate surface area is 241 Å². The molecule has 3 aromatic rings. The molecular weight excluding hydrogens is 522 g/mol. The maximum absolute atomic E-state index is 12.9. The van der Waals surface area contributed by atoms with E-state index in [9.17, 15) is 14.7 Å². The maximum Gasteiger partial charge on any atom is 0.335 e. The number of carboxylic acid groups (broad SMARTS) is 1. The fourth-order valence-corrected chi connectivity index (χ4v) is 4.39. The molecule has 0 saturated heterocycles. The second-order valence-electron chi connectivity index (χ2n) is 10.2. The van der Waals surface area contributed by atoms with Crippen molar-refractivity contribution in [2.24, 2.45) is 5.92 Å². The van der Waals surface area contributed by atoms with E-state index in [2.05, 4.69) is 17.2 Å². The molecule has 2 aromatic carbocycles. The highest BCUT2D eigenvalue weighted by Gasteiger charge is 2.41. The number of benzene rings is 2. The predicted molar refractivity (Wildman–Crippen MR) is 153 cm³/mol. The summed E-state index contributed by atoms with van der Waals surface area (Å²) in [7, 11) is 0. The third-order valence-electron chi connectivity index (χ3n) is 6.38. The van der Waals surface area contributed by atoms with E-state index in [0.717, 1.165) is 12.8 Å². The average molecular weight is 560 g/mol. The third kappa shape index (κ3) is 8.44. The highest BCUT2D eigenvalue weighted by Crippen LogP contribution is 2.39. The number of rotatable bonds is 15. The molecule has 41 heavy (non-hydrogen) atoms. The van der Waals surface area contributed by atoms with Gasteiger partial charge in [0.25, 0.3) is 11.7 Å². The fourth-order valence-electron chi connectivity index (χ4n) is 4.39. The number of aromatic carboxylic acids is 1. The van der Waals surface area contributed by atoms with Crippen LogP contribution in [0.5, 0.6) is 0 Å². The Balaban J connectivity index is 2.08. The van der Waals surface area contributed by atoms with Crippen LogP contribution in [0.25, 0.3) is 11.3 Å². The summed E-state index contributed by atoms with van der Waals surface area (Å²) in [5.41, 5.74) is 2.60. The van der Waals surface area contributed by atoms with Crippen LogP contribution < -0.4 is 5.32 Å². The van der Waals surface area contributed by atoms with Gasteiger partial charge in [0.2, 0.25) is 0 Å². The van der Waals surface area contributed by atoms with Crippen LogP contribution in [0.1, 0.15) is 68.4 Å². The van der Waals surface area contributed by atoms with Crippen LogP contribution in [-0.4, -0.2) is 40.7 Å². The standard InChI is InChI=1S/C32H37N3O6/c1-5-9-23(4)39-32(26-10-7-6-8-11-26,41-40-29(20-22(2)3)30(36)35-19-17-33)27-14-12-24(13-15-27)28-21-25(31(37)38)16-18-34-28/h6-8,10-16,18,21-23,29H,5,9,19-20H2,1-4H3,(H,35,36)(H,37,38)/t23?,29-,32?/m0/s1. The molecule has 0 fully saturated rings. The predicted octanol–water partition coefficient (Wildman–Crippen LogP) is 5.86. The van der Waals surface area contributed by atoms with Crippen LogP contribution in [0.3, 0.4) is 0 Å². The smallest absolute Gasteiger partial charge is 0.335 e. The lowest BCUT2D eigenvalue weighted by Gasteiger charge is -2.36. The molecule has 9 heteroatoms. The Hall–Kier alpha value is -4.10. The Morgan fingerprint density at radius 3 is 2.34 bits per heavy atom. The van der Waals surface area contributed by atoms with Crippen molar-refractivity contribution in [1.82, 2.24) is 10.3 Å². The van der Waals surface area contributed by atoms with Crippen molar-refractivity contribution < 1.29 is 29.2 Å². The summed E-state index contributed by atoms with van der Waals surface area (Å²) in [6.07, 6.45) is 2.22. The van der Waals surface area contributed by atoms with Crippen LogP contribution in [0.4, 0.5) is 0 Å². The number of amides is 1. The van der Waals surface area contributed by atoms with Gasteiger partial charge in [-0.15, -0.1) is 0 Å². The molecule has 3 rings (SSSR count). The molecule has 0 bridgehead atoms. The number of nitriles is 1. The Bertz CT molecular complexity index is 1320. The van der Waals surface area contributed by atoms with Crippen molar-refractivity contribution in [2.75, 3.05) is 6.54 Å². The summed E-state index contributed by atoms with van der Waals surface area (Å²) < 4.78 is 6.64. The molecule has 0 radical (unpaired) electrons. The summed E-state index contributed by atoms with van der Waals surface area (Å²) in [5, 5.41) is 20.9. The molecule has 0 spiro atoms. The summed E-state index contributed by atoms with van der Waals surface area (Å²) in [4.78, 5) is 40.8. The number of pyridine rings is 1. The highest BCUT2D eigenvalue weighted by atomic mass is 17.2. The molecule has 1 amide bonds. The molecule has 3 atom stereocenters. The largest absolute Gasteiger partial charge is 0.478 e. The van der Waals surface area contributed by atoms with Gasteiger partial charge in [0.15, 0.2) is 6.10 Å². The van der Waals surface area contributed by atoms with Gasteiger partial charge in [0.1, 0.15) is 6.54 Å².